The number of rotatable bonds is 4. The number of carbonyl (C=O) groups is 1. The number of nitrogens with one attached hydrogen (secondary N) is 1. The minimum Gasteiger partial charge on any atom is -0.497 e. The summed E-state index contributed by atoms with van der Waals surface area (Å²) in [5, 5.41) is 12.9. The zero-order valence-electron chi connectivity index (χ0n) is 10.1. The van der Waals surface area contributed by atoms with Crippen molar-refractivity contribution in [2.75, 3.05) is 14.2 Å². The van der Waals surface area contributed by atoms with Crippen molar-refractivity contribution in [1.29, 1.82) is 0 Å². The molecule has 18 heavy (non-hydrogen) atoms. The van der Waals surface area contributed by atoms with Gasteiger partial charge in [0.05, 0.1) is 7.11 Å². The Labute approximate surface area is 104 Å². The van der Waals surface area contributed by atoms with Crippen molar-refractivity contribution in [1.82, 2.24) is 25.5 Å². The van der Waals surface area contributed by atoms with Gasteiger partial charge in [-0.1, -0.05) is 12.1 Å². The van der Waals surface area contributed by atoms with Crippen LogP contribution < -0.4 is 4.74 Å². The van der Waals surface area contributed by atoms with Crippen LogP contribution >= 0.6 is 0 Å². The molecule has 0 radical (unpaired) electrons. The second-order valence-corrected chi connectivity index (χ2v) is 3.74. The second kappa shape index (κ2) is 5.26. The molecule has 0 unspecified atom stereocenters. The monoisotopic (exact) mass is 247 g/mol. The Balaban J connectivity index is 2.02. The molecule has 1 aromatic carbocycles. The molecule has 0 saturated heterocycles. The Morgan fingerprint density at radius 3 is 2.67 bits per heavy atom. The van der Waals surface area contributed by atoms with Gasteiger partial charge in [-0.3, -0.25) is 4.79 Å². The van der Waals surface area contributed by atoms with Gasteiger partial charge < -0.3 is 9.64 Å². The van der Waals surface area contributed by atoms with Gasteiger partial charge in [0, 0.05) is 13.6 Å². The van der Waals surface area contributed by atoms with Crippen molar-refractivity contribution in [2.24, 2.45) is 0 Å². The van der Waals surface area contributed by atoms with Crippen LogP contribution in [0.3, 0.4) is 0 Å². The standard InChI is InChI=1S/C11H13N5O2/c1-16(11(17)10-12-14-15-13-10)7-8-3-5-9(18-2)6-4-8/h3-6H,7H2,1-2H3,(H,12,13,14,15). The Morgan fingerprint density at radius 1 is 1.39 bits per heavy atom. The first kappa shape index (κ1) is 12.0. The van der Waals surface area contributed by atoms with Crippen molar-refractivity contribution < 1.29 is 9.53 Å². The summed E-state index contributed by atoms with van der Waals surface area (Å²) in [5.41, 5.74) is 0.996. The van der Waals surface area contributed by atoms with Crippen LogP contribution in [0.25, 0.3) is 0 Å². The summed E-state index contributed by atoms with van der Waals surface area (Å²) in [6, 6.07) is 7.50. The van der Waals surface area contributed by atoms with Gasteiger partial charge in [0.25, 0.3) is 11.7 Å². The first-order valence-corrected chi connectivity index (χ1v) is 5.32. The molecular weight excluding hydrogens is 234 g/mol. The molecule has 1 heterocycles. The lowest BCUT2D eigenvalue weighted by molar-refractivity contribution is 0.0773. The van der Waals surface area contributed by atoms with Crippen molar-refractivity contribution in [3.8, 4) is 5.75 Å². The molecule has 1 amide bonds. The van der Waals surface area contributed by atoms with Crippen LogP contribution in [0.5, 0.6) is 5.75 Å². The molecule has 0 aliphatic heterocycles. The van der Waals surface area contributed by atoms with E-state index in [1.807, 2.05) is 24.3 Å². The van der Waals surface area contributed by atoms with Crippen LogP contribution in [-0.4, -0.2) is 45.6 Å². The summed E-state index contributed by atoms with van der Waals surface area (Å²) in [4.78, 5) is 13.4. The van der Waals surface area contributed by atoms with Crippen LogP contribution in [0.15, 0.2) is 24.3 Å². The summed E-state index contributed by atoms with van der Waals surface area (Å²) in [6.45, 7) is 0.470. The molecular formula is C11H13N5O2. The normalized spacial score (nSPS) is 10.1. The third-order valence-corrected chi connectivity index (χ3v) is 2.46. The average molecular weight is 247 g/mol. The van der Waals surface area contributed by atoms with E-state index < -0.39 is 0 Å². The minimum atomic E-state index is -0.278. The number of aromatic nitrogens is 4. The first-order valence-electron chi connectivity index (χ1n) is 5.32. The largest absolute Gasteiger partial charge is 0.497 e. The van der Waals surface area contributed by atoms with Crippen LogP contribution in [0.4, 0.5) is 0 Å². The lowest BCUT2D eigenvalue weighted by atomic mass is 10.2. The van der Waals surface area contributed by atoms with Crippen molar-refractivity contribution in [3.05, 3.63) is 35.7 Å². The molecule has 0 saturated carbocycles. The number of methoxy groups -OCH3 is 1. The Kier molecular flexibility index (Phi) is 3.52. The molecule has 0 atom stereocenters. The van der Waals surface area contributed by atoms with E-state index in [4.69, 9.17) is 4.74 Å². The van der Waals surface area contributed by atoms with E-state index in [9.17, 15) is 4.79 Å². The number of amides is 1. The zero-order valence-corrected chi connectivity index (χ0v) is 10.1. The maximum atomic E-state index is 11.8. The maximum absolute atomic E-state index is 11.8. The zero-order chi connectivity index (χ0) is 13.0. The number of hydrogen-bond donors (Lipinski definition) is 1. The van der Waals surface area contributed by atoms with Gasteiger partial charge in [-0.25, -0.2) is 0 Å². The summed E-state index contributed by atoms with van der Waals surface area (Å²) < 4.78 is 5.07. The van der Waals surface area contributed by atoms with Gasteiger partial charge in [0.15, 0.2) is 0 Å². The molecule has 2 aromatic rings. The average Bonchev–Trinajstić information content (AvgIpc) is 2.92. The third kappa shape index (κ3) is 2.62. The van der Waals surface area contributed by atoms with E-state index in [0.29, 0.717) is 6.54 Å². The number of ether oxygens (including phenoxy) is 1. The predicted octanol–water partition coefficient (Wildman–Crippen LogP) is 0.480. The number of carbonyl (C=O) groups excluding carboxylic acids is 1. The quantitative estimate of drug-likeness (QED) is 0.849. The van der Waals surface area contributed by atoms with E-state index in [1.54, 1.807) is 14.2 Å². The Morgan fingerprint density at radius 2 is 2.11 bits per heavy atom. The number of hydrogen-bond acceptors (Lipinski definition) is 5. The molecule has 1 aromatic heterocycles. The Hall–Kier alpha value is -2.44. The molecule has 2 rings (SSSR count). The first-order chi connectivity index (χ1) is 8.70. The number of tetrazole rings is 1. The van der Waals surface area contributed by atoms with Crippen molar-refractivity contribution in [3.63, 3.8) is 0 Å². The lowest BCUT2D eigenvalue weighted by Crippen LogP contribution is -2.27. The molecule has 0 bridgehead atoms. The smallest absolute Gasteiger partial charge is 0.295 e. The minimum absolute atomic E-state index is 0.0611. The molecule has 94 valence electrons. The summed E-state index contributed by atoms with van der Waals surface area (Å²) in [7, 11) is 3.30. The number of benzene rings is 1. The molecule has 7 heteroatoms. The lowest BCUT2D eigenvalue weighted by Gasteiger charge is -2.15. The van der Waals surface area contributed by atoms with E-state index in [-0.39, 0.29) is 11.7 Å². The topological polar surface area (TPSA) is 84.0 Å². The highest BCUT2D eigenvalue weighted by atomic mass is 16.5. The van der Waals surface area contributed by atoms with Crippen LogP contribution in [0, 0.1) is 0 Å². The van der Waals surface area contributed by atoms with Crippen LogP contribution in [0.2, 0.25) is 0 Å². The highest BCUT2D eigenvalue weighted by Crippen LogP contribution is 2.12. The molecule has 1 N–H and O–H groups in total. The molecule has 0 fully saturated rings. The number of H-pyrrole nitrogens is 1. The van der Waals surface area contributed by atoms with E-state index in [1.165, 1.54) is 4.90 Å². The van der Waals surface area contributed by atoms with E-state index >= 15 is 0 Å². The second-order valence-electron chi connectivity index (χ2n) is 3.74. The summed E-state index contributed by atoms with van der Waals surface area (Å²) >= 11 is 0. The van der Waals surface area contributed by atoms with E-state index in [2.05, 4.69) is 20.6 Å². The molecule has 0 spiro atoms. The van der Waals surface area contributed by atoms with Gasteiger partial charge in [-0.15, -0.1) is 10.2 Å². The maximum Gasteiger partial charge on any atom is 0.295 e. The third-order valence-electron chi connectivity index (χ3n) is 2.46. The Bertz CT molecular complexity index is 509. The van der Waals surface area contributed by atoms with Gasteiger partial charge in [0.2, 0.25) is 0 Å². The SMILES string of the molecule is COc1ccc(CN(C)C(=O)c2nn[nH]n2)cc1. The highest BCUT2D eigenvalue weighted by molar-refractivity contribution is 5.89. The highest BCUT2D eigenvalue weighted by Gasteiger charge is 2.16. The number of aromatic amines is 1. The van der Waals surface area contributed by atoms with Gasteiger partial charge in [0.1, 0.15) is 5.75 Å². The summed E-state index contributed by atoms with van der Waals surface area (Å²) in [5.74, 6) is 0.566. The van der Waals surface area contributed by atoms with Crippen molar-refractivity contribution in [2.45, 2.75) is 6.54 Å². The molecule has 7 nitrogen and oxygen atoms in total. The molecule has 0 aliphatic rings. The van der Waals surface area contributed by atoms with Gasteiger partial charge in [-0.2, -0.15) is 5.21 Å². The van der Waals surface area contributed by atoms with Gasteiger partial charge in [-0.05, 0) is 22.9 Å². The molecule has 0 aliphatic carbocycles. The fourth-order valence-electron chi connectivity index (χ4n) is 1.50. The van der Waals surface area contributed by atoms with Crippen LogP contribution in [-0.2, 0) is 6.54 Å². The predicted molar refractivity (Wildman–Crippen MR) is 63.0 cm³/mol. The fraction of sp³-hybridized carbons (Fsp3) is 0.273. The van der Waals surface area contributed by atoms with Crippen molar-refractivity contribution >= 4 is 5.91 Å². The number of nitrogens with zero attached hydrogens (tertiary/aromatic N) is 4. The van der Waals surface area contributed by atoms with Gasteiger partial charge >= 0.3 is 0 Å². The van der Waals surface area contributed by atoms with E-state index in [0.717, 1.165) is 11.3 Å². The fourth-order valence-corrected chi connectivity index (χ4v) is 1.50. The van der Waals surface area contributed by atoms with Crippen LogP contribution in [0.1, 0.15) is 16.2 Å². The summed E-state index contributed by atoms with van der Waals surface area (Å²) in [6.07, 6.45) is 0.